The molecule has 1 saturated heterocycles. The minimum Gasteiger partial charge on any atom is -0.356 e. The molecule has 1 aromatic heterocycles. The van der Waals surface area contributed by atoms with Gasteiger partial charge in [0.2, 0.25) is 11.8 Å². The van der Waals surface area contributed by atoms with Crippen LogP contribution < -0.4 is 10.6 Å². The third-order valence-corrected chi connectivity index (χ3v) is 5.42. The molecule has 2 heterocycles. The molecule has 1 aromatic rings. The fourth-order valence-corrected chi connectivity index (χ4v) is 3.64. The first-order valence-corrected chi connectivity index (χ1v) is 9.53. The number of allylic oxidation sites excluding steroid dienone is 1. The van der Waals surface area contributed by atoms with Gasteiger partial charge >= 0.3 is 0 Å². The second kappa shape index (κ2) is 9.10. The van der Waals surface area contributed by atoms with Gasteiger partial charge in [-0.2, -0.15) is 0 Å². The monoisotopic (exact) mass is 364 g/mol. The number of thiazole rings is 1. The maximum absolute atomic E-state index is 12.3. The Kier molecular flexibility index (Phi) is 7.13. The number of amides is 2. The van der Waals surface area contributed by atoms with Crippen LogP contribution in [0.5, 0.6) is 0 Å². The van der Waals surface area contributed by atoms with Gasteiger partial charge in [0.15, 0.2) is 0 Å². The van der Waals surface area contributed by atoms with E-state index in [1.54, 1.807) is 11.3 Å². The van der Waals surface area contributed by atoms with Crippen LogP contribution in [0.25, 0.3) is 0 Å². The zero-order valence-corrected chi connectivity index (χ0v) is 16.3. The maximum atomic E-state index is 12.3. The summed E-state index contributed by atoms with van der Waals surface area (Å²) in [5.41, 5.74) is 2.27. The van der Waals surface area contributed by atoms with Crippen LogP contribution in [-0.4, -0.2) is 53.9 Å². The van der Waals surface area contributed by atoms with E-state index in [-0.39, 0.29) is 18.2 Å². The summed E-state index contributed by atoms with van der Waals surface area (Å²) in [7, 11) is 0. The average Bonchev–Trinajstić information content (AvgIpc) is 2.86. The summed E-state index contributed by atoms with van der Waals surface area (Å²) >= 11 is 1.67. The fourth-order valence-electron chi connectivity index (χ4n) is 2.71. The Morgan fingerprint density at radius 2 is 2.20 bits per heavy atom. The van der Waals surface area contributed by atoms with Crippen LogP contribution in [0.3, 0.4) is 0 Å². The highest BCUT2D eigenvalue weighted by Gasteiger charge is 2.30. The average molecular weight is 365 g/mol. The quantitative estimate of drug-likeness (QED) is 0.721. The first kappa shape index (κ1) is 19.6. The van der Waals surface area contributed by atoms with Crippen LogP contribution in [0.2, 0.25) is 0 Å². The van der Waals surface area contributed by atoms with Crippen LogP contribution in [-0.2, 0) is 16.0 Å². The molecule has 0 bridgehead atoms. The summed E-state index contributed by atoms with van der Waals surface area (Å²) < 4.78 is 0. The van der Waals surface area contributed by atoms with Crippen molar-refractivity contribution in [3.05, 3.63) is 27.2 Å². The predicted molar refractivity (Wildman–Crippen MR) is 101 cm³/mol. The van der Waals surface area contributed by atoms with Gasteiger partial charge in [0, 0.05) is 37.5 Å². The molecule has 2 N–H and O–H groups in total. The second-order valence-electron chi connectivity index (χ2n) is 6.64. The first-order chi connectivity index (χ1) is 11.9. The van der Waals surface area contributed by atoms with Crippen LogP contribution in [0, 0.1) is 13.8 Å². The number of rotatable bonds is 7. The predicted octanol–water partition coefficient (Wildman–Crippen LogP) is 1.58. The number of piperazine rings is 1. The molecule has 1 unspecified atom stereocenters. The minimum absolute atomic E-state index is 0.0604. The summed E-state index contributed by atoms with van der Waals surface area (Å²) in [6.07, 6.45) is 3.01. The normalized spacial score (nSPS) is 17.9. The van der Waals surface area contributed by atoms with Crippen molar-refractivity contribution >= 4 is 23.2 Å². The smallest absolute Gasteiger partial charge is 0.237 e. The molecular formula is C18H28N4O2S. The van der Waals surface area contributed by atoms with Crippen molar-refractivity contribution in [1.82, 2.24) is 20.5 Å². The van der Waals surface area contributed by atoms with Crippen LogP contribution in [0.15, 0.2) is 11.6 Å². The zero-order valence-electron chi connectivity index (χ0n) is 15.5. The third-order valence-electron chi connectivity index (χ3n) is 4.29. The summed E-state index contributed by atoms with van der Waals surface area (Å²) in [6.45, 7) is 10.8. The molecule has 2 amide bonds. The number of hydrogen-bond donors (Lipinski definition) is 2. The molecule has 0 spiro atoms. The van der Waals surface area contributed by atoms with Gasteiger partial charge in [0.05, 0.1) is 23.2 Å². The molecule has 2 rings (SSSR count). The molecule has 138 valence electrons. The summed E-state index contributed by atoms with van der Waals surface area (Å²) in [4.78, 5) is 32.2. The molecule has 6 nitrogen and oxygen atoms in total. The minimum atomic E-state index is -0.395. The van der Waals surface area contributed by atoms with E-state index in [9.17, 15) is 9.59 Å². The molecule has 1 atom stereocenters. The number of nitrogens with one attached hydrogen (secondary N) is 2. The van der Waals surface area contributed by atoms with Gasteiger partial charge in [-0.15, -0.1) is 11.3 Å². The lowest BCUT2D eigenvalue weighted by atomic mass is 10.1. The largest absolute Gasteiger partial charge is 0.356 e. The molecule has 1 fully saturated rings. The van der Waals surface area contributed by atoms with Crippen molar-refractivity contribution < 1.29 is 9.59 Å². The van der Waals surface area contributed by atoms with E-state index in [2.05, 4.69) is 33.5 Å². The highest BCUT2D eigenvalue weighted by molar-refractivity contribution is 7.11. The molecule has 0 aromatic carbocycles. The molecule has 0 saturated carbocycles. The van der Waals surface area contributed by atoms with E-state index >= 15 is 0 Å². The molecule has 1 aliphatic heterocycles. The van der Waals surface area contributed by atoms with Gasteiger partial charge in [0.1, 0.15) is 0 Å². The molecular weight excluding hydrogens is 336 g/mol. The van der Waals surface area contributed by atoms with Crippen LogP contribution in [0.1, 0.15) is 35.8 Å². The summed E-state index contributed by atoms with van der Waals surface area (Å²) in [5, 5.41) is 6.81. The van der Waals surface area contributed by atoms with Gasteiger partial charge in [-0.25, -0.2) is 4.98 Å². The van der Waals surface area contributed by atoms with Gasteiger partial charge < -0.3 is 10.6 Å². The molecule has 0 radical (unpaired) electrons. The Morgan fingerprint density at radius 3 is 2.84 bits per heavy atom. The van der Waals surface area contributed by atoms with E-state index in [0.717, 1.165) is 23.7 Å². The highest BCUT2D eigenvalue weighted by atomic mass is 32.1. The highest BCUT2D eigenvalue weighted by Crippen LogP contribution is 2.16. The van der Waals surface area contributed by atoms with Crippen molar-refractivity contribution in [3.63, 3.8) is 0 Å². The van der Waals surface area contributed by atoms with E-state index in [1.165, 1.54) is 10.5 Å². The molecule has 0 aliphatic carbocycles. The Labute approximate surface area is 153 Å². The van der Waals surface area contributed by atoms with E-state index in [4.69, 9.17) is 0 Å². The maximum Gasteiger partial charge on any atom is 0.237 e. The van der Waals surface area contributed by atoms with E-state index < -0.39 is 6.04 Å². The Morgan fingerprint density at radius 1 is 1.44 bits per heavy atom. The van der Waals surface area contributed by atoms with Crippen molar-refractivity contribution in [3.8, 4) is 0 Å². The second-order valence-corrected chi connectivity index (χ2v) is 7.92. The topological polar surface area (TPSA) is 74.3 Å². The number of hydrogen-bond acceptors (Lipinski definition) is 5. The lowest BCUT2D eigenvalue weighted by Gasteiger charge is -2.34. The molecule has 1 aliphatic rings. The Hall–Kier alpha value is -1.73. The fraction of sp³-hybridized carbons (Fsp3) is 0.611. The third kappa shape index (κ3) is 5.93. The standard InChI is InChI=1S/C18H28N4O2S/c1-12(2)6-9-22-10-8-20-18(24)15(22)11-16(23)19-7-5-17-21-13(3)14(4)25-17/h6,15H,5,7-11H2,1-4H3,(H,19,23)(H,20,24). The van der Waals surface area contributed by atoms with Crippen molar-refractivity contribution in [2.45, 2.75) is 46.6 Å². The van der Waals surface area contributed by atoms with Crippen LogP contribution in [0.4, 0.5) is 0 Å². The van der Waals surface area contributed by atoms with E-state index in [0.29, 0.717) is 19.6 Å². The zero-order chi connectivity index (χ0) is 18.4. The molecule has 25 heavy (non-hydrogen) atoms. The van der Waals surface area contributed by atoms with Gasteiger partial charge in [-0.3, -0.25) is 14.5 Å². The number of aryl methyl sites for hydroxylation is 2. The van der Waals surface area contributed by atoms with Crippen molar-refractivity contribution in [2.75, 3.05) is 26.2 Å². The van der Waals surface area contributed by atoms with Crippen molar-refractivity contribution in [1.29, 1.82) is 0 Å². The first-order valence-electron chi connectivity index (χ1n) is 8.71. The number of aromatic nitrogens is 1. The Bertz CT molecular complexity index is 630. The lowest BCUT2D eigenvalue weighted by Crippen LogP contribution is -2.56. The van der Waals surface area contributed by atoms with E-state index in [1.807, 2.05) is 20.8 Å². The number of carbonyl (C=O) groups excluding carboxylic acids is 2. The van der Waals surface area contributed by atoms with Gasteiger partial charge in [-0.05, 0) is 27.7 Å². The summed E-state index contributed by atoms with van der Waals surface area (Å²) in [5.74, 6) is -0.149. The Balaban J connectivity index is 1.83. The van der Waals surface area contributed by atoms with Crippen LogP contribution >= 0.6 is 11.3 Å². The number of nitrogens with zero attached hydrogens (tertiary/aromatic N) is 2. The lowest BCUT2D eigenvalue weighted by molar-refractivity contribution is -0.133. The SMILES string of the molecule is CC(C)=CCN1CCNC(=O)C1CC(=O)NCCc1nc(C)c(C)s1. The summed E-state index contributed by atoms with van der Waals surface area (Å²) in [6, 6.07) is -0.395. The van der Waals surface area contributed by atoms with Gasteiger partial charge in [0.25, 0.3) is 0 Å². The van der Waals surface area contributed by atoms with Gasteiger partial charge in [-0.1, -0.05) is 11.6 Å². The number of carbonyl (C=O) groups is 2. The molecule has 7 heteroatoms. The van der Waals surface area contributed by atoms with Crippen molar-refractivity contribution in [2.24, 2.45) is 0 Å².